The minimum absolute atomic E-state index is 0.239. The van der Waals surface area contributed by atoms with Crippen LogP contribution >= 0.6 is 0 Å². The van der Waals surface area contributed by atoms with E-state index in [1.165, 1.54) is 0 Å². The van der Waals surface area contributed by atoms with E-state index in [0.29, 0.717) is 11.3 Å². The Kier molecular flexibility index (Phi) is 4.57. The van der Waals surface area contributed by atoms with Crippen LogP contribution in [0.4, 0.5) is 10.5 Å². The molecule has 1 aliphatic heterocycles. The second-order valence-electron chi connectivity index (χ2n) is 6.91. The van der Waals surface area contributed by atoms with Gasteiger partial charge in [0.05, 0.1) is 11.6 Å². The van der Waals surface area contributed by atoms with Crippen molar-refractivity contribution in [2.45, 2.75) is 19.9 Å². The fourth-order valence-corrected chi connectivity index (χ4v) is 3.63. The fraction of sp³-hybridized carbons (Fsp3) is 0.130. The first kappa shape index (κ1) is 17.8. The molecule has 1 aliphatic rings. The van der Waals surface area contributed by atoms with Gasteiger partial charge in [-0.1, -0.05) is 60.7 Å². The predicted molar refractivity (Wildman–Crippen MR) is 111 cm³/mol. The number of carbonyl (C=O) groups is 2. The number of aryl methyl sites for hydroxylation is 1. The predicted octanol–water partition coefficient (Wildman–Crippen LogP) is 4.41. The smallest absolute Gasteiger partial charge is 0.319 e. The number of anilines is 1. The van der Waals surface area contributed by atoms with E-state index in [9.17, 15) is 9.59 Å². The molecule has 3 N–H and O–H groups in total. The monoisotopic (exact) mass is 371 g/mol. The van der Waals surface area contributed by atoms with Crippen molar-refractivity contribution in [3.05, 3.63) is 89.1 Å². The summed E-state index contributed by atoms with van der Waals surface area (Å²) in [4.78, 5) is 25.4. The van der Waals surface area contributed by atoms with E-state index in [4.69, 9.17) is 0 Å². The van der Waals surface area contributed by atoms with Crippen molar-refractivity contribution in [3.63, 3.8) is 0 Å². The number of amides is 3. The number of rotatable bonds is 3. The SMILES string of the molecule is CC1=C(C(=O)Nc2ccccc2C)C(c2cccc3ccccc23)NC(=O)N1. The summed E-state index contributed by atoms with van der Waals surface area (Å²) in [5.74, 6) is -0.239. The van der Waals surface area contributed by atoms with Crippen LogP contribution in [0, 0.1) is 6.92 Å². The highest BCUT2D eigenvalue weighted by Crippen LogP contribution is 2.32. The van der Waals surface area contributed by atoms with Gasteiger partial charge in [-0.2, -0.15) is 0 Å². The lowest BCUT2D eigenvalue weighted by Crippen LogP contribution is -2.46. The van der Waals surface area contributed by atoms with Crippen LogP contribution in [0.5, 0.6) is 0 Å². The Balaban J connectivity index is 1.79. The van der Waals surface area contributed by atoms with Gasteiger partial charge in [0, 0.05) is 11.4 Å². The van der Waals surface area contributed by atoms with Crippen LogP contribution in [0.15, 0.2) is 78.0 Å². The van der Waals surface area contributed by atoms with Crippen LogP contribution in [-0.4, -0.2) is 11.9 Å². The lowest BCUT2D eigenvalue weighted by atomic mass is 9.91. The molecule has 1 atom stereocenters. The van der Waals surface area contributed by atoms with Crippen LogP contribution in [0.2, 0.25) is 0 Å². The number of carbonyl (C=O) groups excluding carboxylic acids is 2. The lowest BCUT2D eigenvalue weighted by Gasteiger charge is -2.29. The molecule has 0 fully saturated rings. The molecule has 0 aromatic heterocycles. The third-order valence-electron chi connectivity index (χ3n) is 5.04. The maximum Gasteiger partial charge on any atom is 0.319 e. The minimum atomic E-state index is -0.538. The van der Waals surface area contributed by atoms with Gasteiger partial charge in [-0.05, 0) is 41.8 Å². The normalized spacial score (nSPS) is 16.5. The maximum atomic E-state index is 13.2. The molecule has 0 saturated heterocycles. The van der Waals surface area contributed by atoms with E-state index in [2.05, 4.69) is 16.0 Å². The summed E-state index contributed by atoms with van der Waals surface area (Å²) in [6.45, 7) is 3.70. The van der Waals surface area contributed by atoms with Crippen molar-refractivity contribution in [1.29, 1.82) is 0 Å². The average Bonchev–Trinajstić information content (AvgIpc) is 2.68. The molecule has 0 saturated carbocycles. The fourth-order valence-electron chi connectivity index (χ4n) is 3.63. The first-order chi connectivity index (χ1) is 13.5. The highest BCUT2D eigenvalue weighted by Gasteiger charge is 2.32. The second-order valence-corrected chi connectivity index (χ2v) is 6.91. The highest BCUT2D eigenvalue weighted by molar-refractivity contribution is 6.07. The summed E-state index contributed by atoms with van der Waals surface area (Å²) in [5.41, 5.74) is 3.67. The number of allylic oxidation sites excluding steroid dienone is 1. The van der Waals surface area contributed by atoms with Gasteiger partial charge in [-0.3, -0.25) is 4.79 Å². The Labute approximate surface area is 163 Å². The van der Waals surface area contributed by atoms with Crippen molar-refractivity contribution in [3.8, 4) is 0 Å². The molecule has 3 aromatic rings. The third-order valence-corrected chi connectivity index (χ3v) is 5.04. The van der Waals surface area contributed by atoms with Crippen LogP contribution in [-0.2, 0) is 4.79 Å². The molecule has 28 heavy (non-hydrogen) atoms. The second kappa shape index (κ2) is 7.19. The Morgan fingerprint density at radius 3 is 2.46 bits per heavy atom. The standard InChI is InChI=1S/C23H21N3O2/c1-14-8-3-6-13-19(14)25-22(27)20-15(2)24-23(28)26-21(20)18-12-7-10-16-9-4-5-11-17(16)18/h3-13,21H,1-2H3,(H,25,27)(H2,24,26,28). The molecule has 1 heterocycles. The molecule has 0 radical (unpaired) electrons. The molecule has 0 aliphatic carbocycles. The number of hydrogen-bond donors (Lipinski definition) is 3. The van der Waals surface area contributed by atoms with Gasteiger partial charge < -0.3 is 16.0 Å². The molecule has 3 amide bonds. The maximum absolute atomic E-state index is 13.2. The van der Waals surface area contributed by atoms with Gasteiger partial charge >= 0.3 is 6.03 Å². The summed E-state index contributed by atoms with van der Waals surface area (Å²) >= 11 is 0. The van der Waals surface area contributed by atoms with Crippen molar-refractivity contribution >= 4 is 28.4 Å². The van der Waals surface area contributed by atoms with Gasteiger partial charge in [0.25, 0.3) is 5.91 Å². The third kappa shape index (κ3) is 3.22. The van der Waals surface area contributed by atoms with E-state index in [1.807, 2.05) is 73.7 Å². The first-order valence-electron chi connectivity index (χ1n) is 9.17. The number of hydrogen-bond acceptors (Lipinski definition) is 2. The van der Waals surface area contributed by atoms with E-state index in [-0.39, 0.29) is 11.9 Å². The molecule has 4 rings (SSSR count). The topological polar surface area (TPSA) is 70.2 Å². The number of fused-ring (bicyclic) bond motifs is 1. The average molecular weight is 371 g/mol. The number of benzene rings is 3. The molecule has 140 valence electrons. The van der Waals surface area contributed by atoms with Crippen molar-refractivity contribution in [2.75, 3.05) is 5.32 Å². The molecule has 0 spiro atoms. The lowest BCUT2D eigenvalue weighted by molar-refractivity contribution is -0.113. The number of urea groups is 1. The Bertz CT molecular complexity index is 1110. The van der Waals surface area contributed by atoms with Gasteiger partial charge in [-0.15, -0.1) is 0 Å². The number of para-hydroxylation sites is 1. The summed E-state index contributed by atoms with van der Waals surface area (Å²) in [6.07, 6.45) is 0. The van der Waals surface area contributed by atoms with Crippen LogP contribution in [0.3, 0.4) is 0 Å². The zero-order valence-electron chi connectivity index (χ0n) is 15.7. The van der Waals surface area contributed by atoms with Crippen molar-refractivity contribution in [1.82, 2.24) is 10.6 Å². The van der Waals surface area contributed by atoms with Crippen LogP contribution < -0.4 is 16.0 Å². The van der Waals surface area contributed by atoms with Gasteiger partial charge in [0.1, 0.15) is 0 Å². The largest absolute Gasteiger partial charge is 0.327 e. The molecular weight excluding hydrogens is 350 g/mol. The van der Waals surface area contributed by atoms with Crippen molar-refractivity contribution in [2.24, 2.45) is 0 Å². The quantitative estimate of drug-likeness (QED) is 0.638. The van der Waals surface area contributed by atoms with Crippen molar-refractivity contribution < 1.29 is 9.59 Å². The van der Waals surface area contributed by atoms with Crippen LogP contribution in [0.1, 0.15) is 24.1 Å². The van der Waals surface area contributed by atoms with Gasteiger partial charge in [0.15, 0.2) is 0 Å². The van der Waals surface area contributed by atoms with Gasteiger partial charge in [0.2, 0.25) is 0 Å². The Morgan fingerprint density at radius 2 is 1.64 bits per heavy atom. The molecule has 3 aromatic carbocycles. The highest BCUT2D eigenvalue weighted by atomic mass is 16.2. The zero-order valence-corrected chi connectivity index (χ0v) is 15.7. The molecule has 0 bridgehead atoms. The molecular formula is C23H21N3O2. The van der Waals surface area contributed by atoms with Crippen LogP contribution in [0.25, 0.3) is 10.8 Å². The summed E-state index contributed by atoms with van der Waals surface area (Å²) in [7, 11) is 0. The van der Waals surface area contributed by atoms with E-state index < -0.39 is 6.04 Å². The zero-order chi connectivity index (χ0) is 19.7. The Hall–Kier alpha value is -3.60. The summed E-state index contributed by atoms with van der Waals surface area (Å²) < 4.78 is 0. The minimum Gasteiger partial charge on any atom is -0.327 e. The number of nitrogens with one attached hydrogen (secondary N) is 3. The first-order valence-corrected chi connectivity index (χ1v) is 9.17. The van der Waals surface area contributed by atoms with E-state index >= 15 is 0 Å². The van der Waals surface area contributed by atoms with Gasteiger partial charge in [-0.25, -0.2) is 4.79 Å². The van der Waals surface area contributed by atoms with E-state index in [0.717, 1.165) is 27.6 Å². The molecule has 5 nitrogen and oxygen atoms in total. The Morgan fingerprint density at radius 1 is 0.929 bits per heavy atom. The summed E-state index contributed by atoms with van der Waals surface area (Å²) in [6, 6.07) is 20.6. The summed E-state index contributed by atoms with van der Waals surface area (Å²) in [5, 5.41) is 10.7. The molecule has 1 unspecified atom stereocenters. The van der Waals surface area contributed by atoms with E-state index in [1.54, 1.807) is 6.92 Å². The molecule has 5 heteroatoms.